The zero-order valence-corrected chi connectivity index (χ0v) is 14.8. The standard InChI is InChI=1S/C18H21N3O2S/c1-3-8-21-13-17(14(2)19-21)18(22)20(11-15-6-4-9-23-15)12-16-7-5-10-24-16/h4-7,9-10,13H,3,8,11-12H2,1-2H3. The summed E-state index contributed by atoms with van der Waals surface area (Å²) in [6, 6.07) is 7.77. The van der Waals surface area contributed by atoms with Gasteiger partial charge in [-0.05, 0) is 36.9 Å². The average Bonchev–Trinajstić information content (AvgIpc) is 3.29. The largest absolute Gasteiger partial charge is 0.467 e. The second-order valence-electron chi connectivity index (χ2n) is 5.71. The first-order valence-electron chi connectivity index (χ1n) is 8.05. The van der Waals surface area contributed by atoms with Crippen LogP contribution in [0.1, 0.15) is 40.0 Å². The molecule has 0 bridgehead atoms. The fourth-order valence-electron chi connectivity index (χ4n) is 2.62. The minimum absolute atomic E-state index is 0.0142. The van der Waals surface area contributed by atoms with Crippen LogP contribution in [0, 0.1) is 6.92 Å². The average molecular weight is 343 g/mol. The third-order valence-electron chi connectivity index (χ3n) is 3.77. The number of aromatic nitrogens is 2. The van der Waals surface area contributed by atoms with E-state index >= 15 is 0 Å². The van der Waals surface area contributed by atoms with Crippen molar-refractivity contribution in [1.29, 1.82) is 0 Å². The number of amides is 1. The van der Waals surface area contributed by atoms with E-state index < -0.39 is 0 Å². The molecule has 24 heavy (non-hydrogen) atoms. The van der Waals surface area contributed by atoms with E-state index in [4.69, 9.17) is 4.42 Å². The highest BCUT2D eigenvalue weighted by Crippen LogP contribution is 2.19. The van der Waals surface area contributed by atoms with Gasteiger partial charge in [0.2, 0.25) is 0 Å². The summed E-state index contributed by atoms with van der Waals surface area (Å²) in [5, 5.41) is 6.47. The number of hydrogen-bond acceptors (Lipinski definition) is 4. The van der Waals surface area contributed by atoms with Gasteiger partial charge in [-0.1, -0.05) is 13.0 Å². The lowest BCUT2D eigenvalue weighted by Crippen LogP contribution is -2.30. The van der Waals surface area contributed by atoms with E-state index in [1.54, 1.807) is 17.6 Å². The topological polar surface area (TPSA) is 51.3 Å². The van der Waals surface area contributed by atoms with Crippen molar-refractivity contribution in [1.82, 2.24) is 14.7 Å². The molecule has 0 aliphatic rings. The second-order valence-corrected chi connectivity index (χ2v) is 6.74. The van der Waals surface area contributed by atoms with Crippen molar-refractivity contribution in [2.75, 3.05) is 0 Å². The number of aryl methyl sites for hydroxylation is 2. The maximum absolute atomic E-state index is 13.1. The molecule has 0 fully saturated rings. The Kier molecular flexibility index (Phi) is 5.15. The summed E-state index contributed by atoms with van der Waals surface area (Å²) in [6.45, 7) is 5.81. The van der Waals surface area contributed by atoms with Crippen LogP contribution in [0.4, 0.5) is 0 Å². The molecule has 6 heteroatoms. The zero-order valence-electron chi connectivity index (χ0n) is 13.9. The van der Waals surface area contributed by atoms with Crippen LogP contribution in [0.5, 0.6) is 0 Å². The lowest BCUT2D eigenvalue weighted by Gasteiger charge is -2.20. The number of thiophene rings is 1. The van der Waals surface area contributed by atoms with Gasteiger partial charge in [0, 0.05) is 17.6 Å². The quantitative estimate of drug-likeness (QED) is 0.649. The van der Waals surface area contributed by atoms with Gasteiger partial charge in [0.05, 0.1) is 30.6 Å². The summed E-state index contributed by atoms with van der Waals surface area (Å²) in [7, 11) is 0. The van der Waals surface area contributed by atoms with Crippen LogP contribution in [-0.4, -0.2) is 20.6 Å². The molecule has 0 aliphatic heterocycles. The first kappa shape index (κ1) is 16.5. The summed E-state index contributed by atoms with van der Waals surface area (Å²) < 4.78 is 7.28. The first-order valence-corrected chi connectivity index (χ1v) is 8.93. The molecular formula is C18H21N3O2S. The van der Waals surface area contributed by atoms with E-state index in [0.717, 1.165) is 29.3 Å². The first-order chi connectivity index (χ1) is 11.7. The molecule has 3 aromatic rings. The predicted molar refractivity (Wildman–Crippen MR) is 93.9 cm³/mol. The van der Waals surface area contributed by atoms with Crippen molar-refractivity contribution in [3.63, 3.8) is 0 Å². The van der Waals surface area contributed by atoms with Crippen LogP contribution in [0.2, 0.25) is 0 Å². The monoisotopic (exact) mass is 343 g/mol. The number of rotatable bonds is 7. The van der Waals surface area contributed by atoms with Gasteiger partial charge in [-0.15, -0.1) is 11.3 Å². The molecule has 3 heterocycles. The van der Waals surface area contributed by atoms with Crippen LogP contribution >= 0.6 is 11.3 Å². The highest BCUT2D eigenvalue weighted by molar-refractivity contribution is 7.09. The SMILES string of the molecule is CCCn1cc(C(=O)N(Cc2ccco2)Cc2cccs2)c(C)n1. The summed E-state index contributed by atoms with van der Waals surface area (Å²) in [5.41, 5.74) is 1.43. The van der Waals surface area contributed by atoms with E-state index in [1.165, 1.54) is 0 Å². The lowest BCUT2D eigenvalue weighted by atomic mass is 10.2. The molecule has 0 aliphatic carbocycles. The Hall–Kier alpha value is -2.34. The van der Waals surface area contributed by atoms with Crippen molar-refractivity contribution in [2.45, 2.75) is 39.9 Å². The Morgan fingerprint density at radius 1 is 1.33 bits per heavy atom. The van der Waals surface area contributed by atoms with Gasteiger partial charge in [0.15, 0.2) is 0 Å². The Bertz CT molecular complexity index is 739. The molecule has 1 amide bonds. The maximum atomic E-state index is 13.1. The van der Waals surface area contributed by atoms with Crippen molar-refractivity contribution >= 4 is 17.2 Å². The summed E-state index contributed by atoms with van der Waals surface area (Å²) in [4.78, 5) is 16.0. The van der Waals surface area contributed by atoms with Crippen molar-refractivity contribution in [3.05, 3.63) is 64.0 Å². The van der Waals surface area contributed by atoms with Crippen molar-refractivity contribution < 1.29 is 9.21 Å². The Labute approximate surface area is 145 Å². The number of furan rings is 1. The molecular weight excluding hydrogens is 322 g/mol. The third kappa shape index (κ3) is 3.76. The summed E-state index contributed by atoms with van der Waals surface area (Å²) in [6.07, 6.45) is 4.47. The predicted octanol–water partition coefficient (Wildman–Crippen LogP) is 4.10. The van der Waals surface area contributed by atoms with E-state index in [0.29, 0.717) is 18.7 Å². The second kappa shape index (κ2) is 7.49. The van der Waals surface area contributed by atoms with Crippen LogP contribution in [-0.2, 0) is 19.6 Å². The molecule has 0 aromatic carbocycles. The van der Waals surface area contributed by atoms with E-state index in [2.05, 4.69) is 12.0 Å². The number of nitrogens with zero attached hydrogens (tertiary/aromatic N) is 3. The molecule has 0 saturated heterocycles. The zero-order chi connectivity index (χ0) is 16.9. The number of carbonyl (C=O) groups is 1. The van der Waals surface area contributed by atoms with E-state index in [9.17, 15) is 4.79 Å². The Morgan fingerprint density at radius 2 is 2.21 bits per heavy atom. The molecule has 0 N–H and O–H groups in total. The van der Waals surface area contributed by atoms with Gasteiger partial charge in [0.25, 0.3) is 5.91 Å². The fourth-order valence-corrected chi connectivity index (χ4v) is 3.34. The number of carbonyl (C=O) groups excluding carboxylic acids is 1. The molecule has 5 nitrogen and oxygen atoms in total. The van der Waals surface area contributed by atoms with Crippen molar-refractivity contribution in [3.8, 4) is 0 Å². The molecule has 0 saturated carbocycles. The lowest BCUT2D eigenvalue weighted by molar-refractivity contribution is 0.0718. The van der Waals surface area contributed by atoms with Gasteiger partial charge in [-0.25, -0.2) is 0 Å². The van der Waals surface area contributed by atoms with Crippen LogP contribution < -0.4 is 0 Å². The van der Waals surface area contributed by atoms with Crippen LogP contribution in [0.25, 0.3) is 0 Å². The van der Waals surface area contributed by atoms with Gasteiger partial charge in [-0.2, -0.15) is 5.10 Å². The molecule has 0 spiro atoms. The molecule has 0 radical (unpaired) electrons. The molecule has 0 atom stereocenters. The Morgan fingerprint density at radius 3 is 2.88 bits per heavy atom. The third-order valence-corrected chi connectivity index (χ3v) is 4.63. The maximum Gasteiger partial charge on any atom is 0.258 e. The minimum Gasteiger partial charge on any atom is -0.467 e. The van der Waals surface area contributed by atoms with Gasteiger partial charge >= 0.3 is 0 Å². The van der Waals surface area contributed by atoms with Gasteiger partial charge in [-0.3, -0.25) is 9.48 Å². The summed E-state index contributed by atoms with van der Waals surface area (Å²) in [5.74, 6) is 0.762. The molecule has 126 valence electrons. The number of hydrogen-bond donors (Lipinski definition) is 0. The smallest absolute Gasteiger partial charge is 0.258 e. The van der Waals surface area contributed by atoms with E-state index in [1.807, 2.05) is 52.3 Å². The molecule has 3 aromatic heterocycles. The van der Waals surface area contributed by atoms with Gasteiger partial charge in [0.1, 0.15) is 5.76 Å². The van der Waals surface area contributed by atoms with Crippen LogP contribution in [0.15, 0.2) is 46.5 Å². The highest BCUT2D eigenvalue weighted by Gasteiger charge is 2.22. The Balaban J connectivity index is 1.84. The minimum atomic E-state index is -0.0142. The van der Waals surface area contributed by atoms with Gasteiger partial charge < -0.3 is 9.32 Å². The van der Waals surface area contributed by atoms with Crippen LogP contribution in [0.3, 0.4) is 0 Å². The normalized spacial score (nSPS) is 10.9. The molecule has 0 unspecified atom stereocenters. The van der Waals surface area contributed by atoms with Crippen molar-refractivity contribution in [2.24, 2.45) is 0 Å². The van der Waals surface area contributed by atoms with E-state index in [-0.39, 0.29) is 5.91 Å². The highest BCUT2D eigenvalue weighted by atomic mass is 32.1. The molecule has 3 rings (SSSR count). The summed E-state index contributed by atoms with van der Waals surface area (Å²) >= 11 is 1.65. The fraction of sp³-hybridized carbons (Fsp3) is 0.333.